The predicted octanol–water partition coefficient (Wildman–Crippen LogP) is -4.47. The van der Waals surface area contributed by atoms with Crippen molar-refractivity contribution in [3.8, 4) is 0 Å². The fourth-order valence-corrected chi connectivity index (χ4v) is 5.41. The van der Waals surface area contributed by atoms with Crippen molar-refractivity contribution in [2.24, 2.45) is 32.9 Å². The average Bonchev–Trinajstić information content (AvgIpc) is 2.93. The van der Waals surface area contributed by atoms with Crippen LogP contribution in [0.3, 0.4) is 0 Å². The van der Waals surface area contributed by atoms with Gasteiger partial charge in [0.05, 0.1) is 37.4 Å². The number of rotatable bonds is 11. The van der Waals surface area contributed by atoms with E-state index < -0.39 is 97.6 Å². The molecule has 14 atom stereocenters. The number of alkyl halides is 1. The number of nitrogens with two attached hydrogens (primary N) is 4. The zero-order valence-corrected chi connectivity index (χ0v) is 24.2. The van der Waals surface area contributed by atoms with Crippen molar-refractivity contribution in [1.82, 2.24) is 5.32 Å². The van der Waals surface area contributed by atoms with Crippen molar-refractivity contribution in [2.45, 2.75) is 118 Å². The molecule has 0 aromatic carbocycles. The van der Waals surface area contributed by atoms with Crippen LogP contribution in [0.25, 0.3) is 0 Å². The monoisotopic (exact) mass is 609 g/mol. The molecule has 1 saturated carbocycles. The van der Waals surface area contributed by atoms with Gasteiger partial charge >= 0.3 is 0 Å². The third-order valence-electron chi connectivity index (χ3n) is 7.92. The van der Waals surface area contributed by atoms with E-state index in [9.17, 15) is 29.9 Å². The Morgan fingerprint density at radius 3 is 2.36 bits per heavy atom. The van der Waals surface area contributed by atoms with Crippen LogP contribution < -0.4 is 28.3 Å². The molecule has 2 aliphatic heterocycles. The lowest BCUT2D eigenvalue weighted by atomic mass is 9.83. The van der Waals surface area contributed by atoms with Crippen molar-refractivity contribution in [2.75, 3.05) is 26.9 Å². The molecule has 17 heteroatoms. The molecule has 0 aromatic rings. The Bertz CT molecular complexity index is 933. The minimum absolute atomic E-state index is 0.0166. The fourth-order valence-electron chi connectivity index (χ4n) is 5.41. The summed E-state index contributed by atoms with van der Waals surface area (Å²) in [5.74, 6) is -0.359. The highest BCUT2D eigenvalue weighted by molar-refractivity contribution is 5.85. The molecular formula is C25H48FN7O9. The average molecular weight is 610 g/mol. The molecule has 16 nitrogen and oxygen atoms in total. The largest absolute Gasteiger partial charge is 0.388 e. The van der Waals surface area contributed by atoms with Crippen LogP contribution in [-0.2, 0) is 18.9 Å². The van der Waals surface area contributed by atoms with Crippen LogP contribution in [0.4, 0.5) is 4.39 Å². The fraction of sp³-hybridized carbons (Fsp3) is 0.920. The molecule has 0 spiro atoms. The van der Waals surface area contributed by atoms with Gasteiger partial charge in [-0.1, -0.05) is 0 Å². The van der Waals surface area contributed by atoms with E-state index in [1.54, 1.807) is 7.05 Å². The van der Waals surface area contributed by atoms with Gasteiger partial charge in [0.25, 0.3) is 0 Å². The van der Waals surface area contributed by atoms with Gasteiger partial charge in [-0.3, -0.25) is 9.98 Å². The summed E-state index contributed by atoms with van der Waals surface area (Å²) in [6.07, 6.45) is -9.46. The topological polar surface area (TPSA) is 279 Å². The SMILES string of the molecule is CN[C@@H]1[C@@H](O)[C@@H](O[C@@H]2[C@@H](O)[C@H](O[C@H]3O[C@H](CN=C(N)C(C)O)CC[C@H]3N)[C@@H](N)C[C@H]2N=C(N)C(O)CF)OC[C@]1(C)O. The van der Waals surface area contributed by atoms with E-state index in [1.807, 2.05) is 0 Å². The molecule has 2 heterocycles. The van der Waals surface area contributed by atoms with Gasteiger partial charge < -0.3 is 72.7 Å². The summed E-state index contributed by atoms with van der Waals surface area (Å²) in [6.45, 7) is 1.77. The summed E-state index contributed by atoms with van der Waals surface area (Å²) in [6, 6.07) is -3.25. The Kier molecular flexibility index (Phi) is 12.4. The first-order chi connectivity index (χ1) is 19.7. The Morgan fingerprint density at radius 1 is 1.07 bits per heavy atom. The molecule has 0 amide bonds. The maximum Gasteiger partial charge on any atom is 0.185 e. The zero-order chi connectivity index (χ0) is 31.4. The van der Waals surface area contributed by atoms with Gasteiger partial charge in [0.2, 0.25) is 0 Å². The van der Waals surface area contributed by atoms with Crippen LogP contribution in [0, 0.1) is 0 Å². The van der Waals surface area contributed by atoms with Gasteiger partial charge in [-0.05, 0) is 40.2 Å². The van der Waals surface area contributed by atoms with Crippen LogP contribution in [-0.4, -0.2) is 149 Å². The van der Waals surface area contributed by atoms with Crippen molar-refractivity contribution in [3.63, 3.8) is 0 Å². The molecule has 0 bridgehead atoms. The molecule has 1 aliphatic carbocycles. The van der Waals surface area contributed by atoms with Crippen LogP contribution in [0.2, 0.25) is 0 Å². The summed E-state index contributed by atoms with van der Waals surface area (Å²) >= 11 is 0. The highest BCUT2D eigenvalue weighted by atomic mass is 19.1. The van der Waals surface area contributed by atoms with Crippen molar-refractivity contribution in [1.29, 1.82) is 0 Å². The number of nitrogens with zero attached hydrogens (tertiary/aromatic N) is 2. The summed E-state index contributed by atoms with van der Waals surface area (Å²) < 4.78 is 36.8. The Labute approximate surface area is 244 Å². The normalized spacial score (nSPS) is 43.6. The van der Waals surface area contributed by atoms with Gasteiger partial charge in [0.1, 0.15) is 60.6 Å². The molecule has 42 heavy (non-hydrogen) atoms. The van der Waals surface area contributed by atoms with Crippen molar-refractivity contribution < 1.29 is 48.9 Å². The van der Waals surface area contributed by atoms with E-state index in [4.69, 9.17) is 41.9 Å². The second-order valence-electron chi connectivity index (χ2n) is 11.5. The van der Waals surface area contributed by atoms with E-state index >= 15 is 0 Å². The zero-order valence-electron chi connectivity index (χ0n) is 24.2. The summed E-state index contributed by atoms with van der Waals surface area (Å²) in [7, 11) is 1.56. The van der Waals surface area contributed by atoms with Gasteiger partial charge in [-0.2, -0.15) is 0 Å². The number of ether oxygens (including phenoxy) is 4. The summed E-state index contributed by atoms with van der Waals surface area (Å²) in [4.78, 5) is 8.33. The number of hydrogen-bond acceptors (Lipinski definition) is 14. The number of halogens is 1. The number of hydrogen-bond donors (Lipinski definition) is 10. The minimum atomic E-state index is -1.68. The quantitative estimate of drug-likeness (QED) is 0.0781. The number of amidine groups is 2. The maximum atomic E-state index is 13.1. The van der Waals surface area contributed by atoms with Crippen LogP contribution in [0.5, 0.6) is 0 Å². The van der Waals surface area contributed by atoms with E-state index in [0.29, 0.717) is 12.8 Å². The second kappa shape index (κ2) is 14.9. The van der Waals surface area contributed by atoms with E-state index in [-0.39, 0.29) is 25.4 Å². The first-order valence-corrected chi connectivity index (χ1v) is 14.1. The lowest BCUT2D eigenvalue weighted by Gasteiger charge is -2.48. The second-order valence-corrected chi connectivity index (χ2v) is 11.5. The van der Waals surface area contributed by atoms with Crippen molar-refractivity contribution >= 4 is 11.7 Å². The van der Waals surface area contributed by atoms with Crippen molar-refractivity contribution in [3.05, 3.63) is 0 Å². The van der Waals surface area contributed by atoms with Crippen LogP contribution >= 0.6 is 0 Å². The molecule has 0 radical (unpaired) electrons. The molecule has 244 valence electrons. The molecule has 3 fully saturated rings. The Balaban J connectivity index is 1.82. The van der Waals surface area contributed by atoms with Gasteiger partial charge in [0.15, 0.2) is 12.6 Å². The number of aliphatic hydroxyl groups is 5. The van der Waals surface area contributed by atoms with E-state index in [2.05, 4.69) is 15.3 Å². The van der Waals surface area contributed by atoms with Gasteiger partial charge in [-0.15, -0.1) is 0 Å². The maximum absolute atomic E-state index is 13.1. The first-order valence-electron chi connectivity index (χ1n) is 14.1. The van der Waals surface area contributed by atoms with E-state index in [0.717, 1.165) is 0 Å². The highest BCUT2D eigenvalue weighted by Gasteiger charge is 2.51. The number of likely N-dealkylation sites (N-methyl/N-ethyl adjacent to an activating group) is 1. The predicted molar refractivity (Wildman–Crippen MR) is 149 cm³/mol. The lowest BCUT2D eigenvalue weighted by Crippen LogP contribution is -2.67. The summed E-state index contributed by atoms with van der Waals surface area (Å²) in [5.41, 5.74) is 22.8. The minimum Gasteiger partial charge on any atom is -0.388 e. The van der Waals surface area contributed by atoms with E-state index in [1.165, 1.54) is 13.8 Å². The summed E-state index contributed by atoms with van der Waals surface area (Å²) in [5, 5.41) is 55.3. The smallest absolute Gasteiger partial charge is 0.185 e. The highest BCUT2D eigenvalue weighted by Crippen LogP contribution is 2.33. The molecule has 0 aromatic heterocycles. The standard InChI is InChI=1S/C25H48FN7O9/c1-10(34)21(29)32-8-11-4-5-12(27)23(40-11)41-18-13(28)6-14(33-22(30)15(35)7-26)19(16(18)36)42-24-17(37)20(31-3)25(2,38)9-39-24/h10-20,23-24,31,34-38H,4-9,27-28H2,1-3H3,(H2,29,32)(H2,30,33)/t10?,11-,12+,13-,14+,15?,16-,17+,18+,19-,20+,23+,24+,25-/m0/s1. The Morgan fingerprint density at radius 2 is 1.74 bits per heavy atom. The van der Waals surface area contributed by atoms with Gasteiger partial charge in [-0.25, -0.2) is 4.39 Å². The molecule has 14 N–H and O–H groups in total. The first kappa shape index (κ1) is 34.9. The molecular weight excluding hydrogens is 561 g/mol. The van der Waals surface area contributed by atoms with Crippen LogP contribution in [0.1, 0.15) is 33.1 Å². The number of aliphatic hydroxyl groups excluding tert-OH is 4. The van der Waals surface area contributed by atoms with Gasteiger partial charge in [0, 0.05) is 6.04 Å². The molecule has 3 aliphatic rings. The molecule has 2 unspecified atom stereocenters. The molecule has 2 saturated heterocycles. The lowest BCUT2D eigenvalue weighted by molar-refractivity contribution is -0.306. The third-order valence-corrected chi connectivity index (χ3v) is 7.92. The third kappa shape index (κ3) is 8.30. The number of nitrogens with one attached hydrogen (secondary N) is 1. The van der Waals surface area contributed by atoms with Crippen LogP contribution in [0.15, 0.2) is 9.98 Å². The number of aliphatic imine (C=N–C) groups is 2. The molecule has 3 rings (SSSR count). The Hall–Kier alpha value is -1.61.